The van der Waals surface area contributed by atoms with Crippen LogP contribution >= 0.6 is 0 Å². The Morgan fingerprint density at radius 3 is 1.43 bits per heavy atom. The zero-order chi connectivity index (χ0) is 80.1. The number of likely N-dealkylation sites (tertiary alicyclic amines) is 1. The molecule has 0 unspecified atom stereocenters. The molecule has 4 saturated heterocycles. The lowest BCUT2D eigenvalue weighted by atomic mass is 9.89. The molecular formula is C89H110N16O9. The maximum Gasteiger partial charge on any atom is 0.410 e. The number of hydrogen-bond acceptors (Lipinski definition) is 18. The molecule has 14 rings (SSSR count). The zero-order valence-corrected chi connectivity index (χ0v) is 66.9. The number of aromatic nitrogens is 8. The van der Waals surface area contributed by atoms with E-state index < -0.39 is 11.6 Å². The molecule has 600 valence electrons. The molecule has 25 nitrogen and oxygen atoms in total. The molecular weight excluding hydrogens is 1440 g/mol. The van der Waals surface area contributed by atoms with Gasteiger partial charge in [0.2, 0.25) is 0 Å². The summed E-state index contributed by atoms with van der Waals surface area (Å²) in [6.45, 7) is 23.3. The highest BCUT2D eigenvalue weighted by atomic mass is 16.6. The van der Waals surface area contributed by atoms with Gasteiger partial charge in [-0.2, -0.15) is 10.2 Å². The van der Waals surface area contributed by atoms with E-state index in [9.17, 15) is 29.1 Å². The van der Waals surface area contributed by atoms with Crippen LogP contribution in [0.5, 0.6) is 0 Å². The summed E-state index contributed by atoms with van der Waals surface area (Å²) in [5, 5.41) is 40.2. The topological polar surface area (TPSA) is 322 Å². The predicted molar refractivity (Wildman–Crippen MR) is 444 cm³/mol. The van der Waals surface area contributed by atoms with Gasteiger partial charge in [-0.15, -0.1) is 0 Å². The van der Waals surface area contributed by atoms with Crippen molar-refractivity contribution in [3.8, 4) is 22.5 Å². The summed E-state index contributed by atoms with van der Waals surface area (Å²) in [6.07, 6.45) is 18.7. The Morgan fingerprint density at radius 2 is 0.974 bits per heavy atom. The number of carbonyl (C=O) groups is 5. The number of carboxylic acid groups (broad SMARTS) is 1. The van der Waals surface area contributed by atoms with Crippen molar-refractivity contribution in [3.63, 3.8) is 0 Å². The molecule has 4 aromatic carbocycles. The predicted octanol–water partition coefficient (Wildman–Crippen LogP) is 13.7. The van der Waals surface area contributed by atoms with Gasteiger partial charge in [0.25, 0.3) is 17.7 Å². The first kappa shape index (κ1) is 82.5. The molecule has 0 aliphatic carbocycles. The highest BCUT2D eigenvalue weighted by Crippen LogP contribution is 2.35. The number of pyridine rings is 4. The van der Waals surface area contributed by atoms with Crippen molar-refractivity contribution in [2.24, 2.45) is 17.6 Å². The first-order valence-corrected chi connectivity index (χ1v) is 40.5. The summed E-state index contributed by atoms with van der Waals surface area (Å²) in [6, 6.07) is 38.6. The third-order valence-electron chi connectivity index (χ3n) is 21.5. The number of carboxylic acids is 1. The Hall–Kier alpha value is -11.0. The molecule has 114 heavy (non-hydrogen) atoms. The Morgan fingerprint density at radius 1 is 0.535 bits per heavy atom. The van der Waals surface area contributed by atoms with Gasteiger partial charge in [0.05, 0.1) is 51.5 Å². The SMILES string of the molecule is CC(C)(C)OC(=O)N1CCC(Cc2cccc(-c3cc(CN)ccn3)c2)CC1.CCc1nc2c(cnn2CC)c(NC2CCOCC2)c1CNC(=O)c1cccc(C(=O)NCc2ccnc(-c3cccc(CC4CCNCC4)c3)c2)c1.CCc1nc2c(cnn2CC)c(NC2CCOCC2)c1CNC(=O)c1cccc(C(=O)O)c1. The van der Waals surface area contributed by atoms with Crippen molar-refractivity contribution < 1.29 is 43.3 Å². The highest BCUT2D eigenvalue weighted by molar-refractivity contribution is 6.01. The van der Waals surface area contributed by atoms with Crippen LogP contribution in [0.4, 0.5) is 16.2 Å². The van der Waals surface area contributed by atoms with Crippen LogP contribution in [0.3, 0.4) is 0 Å². The van der Waals surface area contributed by atoms with Crippen LogP contribution in [-0.2, 0) is 79.2 Å². The lowest BCUT2D eigenvalue weighted by Gasteiger charge is -2.33. The van der Waals surface area contributed by atoms with E-state index in [1.165, 1.54) is 36.1 Å². The van der Waals surface area contributed by atoms with Crippen molar-refractivity contribution >= 4 is 63.2 Å². The number of nitrogens with one attached hydrogen (secondary N) is 6. The quantitative estimate of drug-likeness (QED) is 0.0263. The fourth-order valence-electron chi connectivity index (χ4n) is 15.2. The molecule has 0 saturated carbocycles. The zero-order valence-electron chi connectivity index (χ0n) is 66.9. The summed E-state index contributed by atoms with van der Waals surface area (Å²) in [5.74, 6) is -0.617. The van der Waals surface area contributed by atoms with E-state index in [0.29, 0.717) is 94.0 Å². The molecule has 4 aliphatic rings. The summed E-state index contributed by atoms with van der Waals surface area (Å²) in [7, 11) is 0. The normalized spacial score (nSPS) is 15.1. The third-order valence-corrected chi connectivity index (χ3v) is 21.5. The number of hydrogen-bond donors (Lipinski definition) is 8. The molecule has 10 aromatic rings. The first-order chi connectivity index (χ1) is 55.3. The van der Waals surface area contributed by atoms with Gasteiger partial charge in [-0.25, -0.2) is 28.9 Å². The number of anilines is 2. The largest absolute Gasteiger partial charge is 0.478 e. The minimum atomic E-state index is -1.07. The number of benzene rings is 4. The summed E-state index contributed by atoms with van der Waals surface area (Å²) in [5.41, 5.74) is 22.5. The van der Waals surface area contributed by atoms with Gasteiger partial charge in [-0.3, -0.25) is 24.4 Å². The van der Waals surface area contributed by atoms with Gasteiger partial charge in [0.1, 0.15) is 5.60 Å². The number of amides is 4. The van der Waals surface area contributed by atoms with E-state index in [1.54, 1.807) is 42.6 Å². The molecule has 4 amide bonds. The van der Waals surface area contributed by atoms with Crippen LogP contribution in [0.1, 0.15) is 186 Å². The van der Waals surface area contributed by atoms with Gasteiger partial charge in [-0.1, -0.05) is 62.4 Å². The molecule has 0 radical (unpaired) electrons. The van der Waals surface area contributed by atoms with Gasteiger partial charge < -0.3 is 61.9 Å². The number of fused-ring (bicyclic) bond motifs is 2. The van der Waals surface area contributed by atoms with E-state index in [2.05, 4.69) is 121 Å². The Labute approximate surface area is 667 Å². The Balaban J connectivity index is 0.000000169. The number of nitrogens with zero attached hydrogens (tertiary/aromatic N) is 9. The lowest BCUT2D eigenvalue weighted by molar-refractivity contribution is 0.0183. The molecule has 25 heteroatoms. The molecule has 10 heterocycles. The molecule has 6 aromatic heterocycles. The average Bonchev–Trinajstić information content (AvgIpc) is 1.56. The second-order valence-electron chi connectivity index (χ2n) is 30.7. The van der Waals surface area contributed by atoms with Crippen LogP contribution in [0.2, 0.25) is 0 Å². The Kier molecular flexibility index (Phi) is 28.7. The van der Waals surface area contributed by atoms with Crippen LogP contribution in [0, 0.1) is 11.8 Å². The summed E-state index contributed by atoms with van der Waals surface area (Å²) >= 11 is 0. The van der Waals surface area contributed by atoms with Gasteiger partial charge in [-0.05, 0) is 232 Å². The third kappa shape index (κ3) is 21.9. The van der Waals surface area contributed by atoms with E-state index in [4.69, 9.17) is 29.9 Å². The molecule has 4 aliphatic heterocycles. The highest BCUT2D eigenvalue weighted by Gasteiger charge is 2.29. The molecule has 0 atom stereocenters. The number of ether oxygens (including phenoxy) is 3. The van der Waals surface area contributed by atoms with Crippen molar-refractivity contribution in [2.45, 2.75) is 182 Å². The van der Waals surface area contributed by atoms with E-state index in [1.807, 2.05) is 85.7 Å². The monoisotopic (exact) mass is 1550 g/mol. The minimum Gasteiger partial charge on any atom is -0.478 e. The van der Waals surface area contributed by atoms with Crippen LogP contribution < -0.4 is 37.6 Å². The van der Waals surface area contributed by atoms with Gasteiger partial charge in [0, 0.05) is 154 Å². The van der Waals surface area contributed by atoms with Crippen molar-refractivity contribution in [1.82, 2.24) is 65.7 Å². The number of piperidine rings is 2. The maximum absolute atomic E-state index is 13.6. The standard InChI is InChI=1S/C42H50N8O3.C24H29N5O4.C23H31N3O2/c1-3-37-35(39(48-34-14-19-53-20-15-34)36-27-47-50(4-2)40(36)49-37)26-46-42(52)33-10-6-9-32(24-33)41(51)45-25-30-13-18-44-38(23-30)31-8-5-7-29(22-31)21-28-11-16-43-17-12-28;1-3-20-18(13-25-23(30)15-6-5-7-16(12-15)24(31)32)21(27-17-8-10-33-11-9-17)19-14-26-29(4-2)22(19)28-20;1-23(2,3)28-22(27)26-11-8-17(9-12-26)13-18-5-4-6-20(14-18)21-15-19(16-24)7-10-25-21/h5-10,13,18,22-24,27-28,34,43H,3-4,11-12,14-17,19-21,25-26H2,1-2H3,(H,45,51)(H,46,52)(H,48,49);5-7,12,14,17H,3-4,8-11,13H2,1-2H3,(H,25,30)(H,27,28)(H,31,32);4-7,10,14-15,17H,8-9,11-13,16,24H2,1-3H3. The molecule has 4 fully saturated rings. The molecule has 0 bridgehead atoms. The average molecular weight is 1550 g/mol. The fraction of sp³-hybridized carbons (Fsp3) is 0.427. The number of nitrogens with two attached hydrogens (primary N) is 1. The van der Waals surface area contributed by atoms with Gasteiger partial charge in [0.15, 0.2) is 11.3 Å². The van der Waals surface area contributed by atoms with Crippen molar-refractivity contribution in [1.29, 1.82) is 0 Å². The van der Waals surface area contributed by atoms with Crippen molar-refractivity contribution in [2.75, 3.05) is 63.2 Å². The number of aryl methyl sites for hydroxylation is 4. The second-order valence-corrected chi connectivity index (χ2v) is 30.7. The number of rotatable bonds is 25. The lowest BCUT2D eigenvalue weighted by Crippen LogP contribution is -2.42. The van der Waals surface area contributed by atoms with E-state index in [-0.39, 0.29) is 54.6 Å². The van der Waals surface area contributed by atoms with E-state index in [0.717, 1.165) is 167 Å². The number of carbonyl (C=O) groups excluding carboxylic acids is 4. The van der Waals surface area contributed by atoms with Crippen LogP contribution in [0.25, 0.3) is 44.6 Å². The smallest absolute Gasteiger partial charge is 0.410 e. The summed E-state index contributed by atoms with van der Waals surface area (Å²) < 4.78 is 20.4. The summed E-state index contributed by atoms with van der Waals surface area (Å²) in [4.78, 5) is 84.0. The Bertz CT molecular complexity index is 4950. The van der Waals surface area contributed by atoms with Gasteiger partial charge >= 0.3 is 12.1 Å². The molecule has 0 spiro atoms. The minimum absolute atomic E-state index is 0.0776. The number of aromatic carboxylic acids is 1. The van der Waals surface area contributed by atoms with Crippen molar-refractivity contribution in [3.05, 3.63) is 213 Å². The molecule has 9 N–H and O–H groups in total. The van der Waals surface area contributed by atoms with Crippen LogP contribution in [-0.4, -0.2) is 150 Å². The van der Waals surface area contributed by atoms with Crippen LogP contribution in [0.15, 0.2) is 146 Å². The second kappa shape index (κ2) is 39.7. The van der Waals surface area contributed by atoms with E-state index >= 15 is 0 Å². The first-order valence-electron chi connectivity index (χ1n) is 40.5. The maximum atomic E-state index is 13.6. The fourth-order valence-corrected chi connectivity index (χ4v) is 15.2.